The minimum absolute atomic E-state index is 0.328. The van der Waals surface area contributed by atoms with Crippen LogP contribution in [0, 0.1) is 11.8 Å². The number of hydrogen-bond donors (Lipinski definition) is 0. The monoisotopic (exact) mass is 293 g/mol. The molecule has 2 fully saturated rings. The summed E-state index contributed by atoms with van der Waals surface area (Å²) in [5.74, 6) is 1.39. The number of ether oxygens (including phenoxy) is 2. The van der Waals surface area contributed by atoms with Gasteiger partial charge in [-0.25, -0.2) is 0 Å². The molecule has 21 heavy (non-hydrogen) atoms. The second-order valence-electron chi connectivity index (χ2n) is 6.61. The lowest BCUT2D eigenvalue weighted by Gasteiger charge is -2.33. The Morgan fingerprint density at radius 3 is 2.76 bits per heavy atom. The van der Waals surface area contributed by atoms with Crippen molar-refractivity contribution in [1.82, 2.24) is 4.90 Å². The Bertz CT molecular complexity index is 368. The first-order chi connectivity index (χ1) is 10.3. The topological polar surface area (TPSA) is 38.8 Å². The molecule has 4 heteroatoms. The summed E-state index contributed by atoms with van der Waals surface area (Å²) >= 11 is 0. The van der Waals surface area contributed by atoms with Crippen molar-refractivity contribution < 1.29 is 14.3 Å². The summed E-state index contributed by atoms with van der Waals surface area (Å²) in [4.78, 5) is 14.3. The van der Waals surface area contributed by atoms with Crippen molar-refractivity contribution in [3.8, 4) is 0 Å². The Morgan fingerprint density at radius 1 is 1.24 bits per heavy atom. The van der Waals surface area contributed by atoms with Gasteiger partial charge in [0, 0.05) is 32.0 Å². The maximum atomic E-state index is 12.3. The second kappa shape index (κ2) is 7.41. The van der Waals surface area contributed by atoms with Crippen molar-refractivity contribution in [3.63, 3.8) is 0 Å². The Kier molecular flexibility index (Phi) is 5.31. The highest BCUT2D eigenvalue weighted by Crippen LogP contribution is 2.23. The molecule has 0 radical (unpaired) electrons. The zero-order valence-corrected chi connectivity index (χ0v) is 12.8. The van der Waals surface area contributed by atoms with Crippen LogP contribution in [0.5, 0.6) is 0 Å². The predicted octanol–water partition coefficient (Wildman–Crippen LogP) is 2.39. The van der Waals surface area contributed by atoms with Gasteiger partial charge in [0.1, 0.15) is 0 Å². The standard InChI is InChI=1S/C17H27NO3/c19-17(11-14-3-1-2-4-14)18-8-5-16(6-9-18)21-13-15-7-10-20-12-15/h1,3,14-16H,2,4-13H2/t14-,15-/m0/s1. The van der Waals surface area contributed by atoms with Gasteiger partial charge >= 0.3 is 0 Å². The number of carbonyl (C=O) groups excluding carboxylic acids is 1. The molecule has 118 valence electrons. The number of allylic oxidation sites excluding steroid dienone is 2. The fraction of sp³-hybridized carbons (Fsp3) is 0.824. The number of likely N-dealkylation sites (tertiary alicyclic amines) is 1. The summed E-state index contributed by atoms with van der Waals surface area (Å²) in [5.41, 5.74) is 0. The Labute approximate surface area is 127 Å². The van der Waals surface area contributed by atoms with Gasteiger partial charge in [0.05, 0.1) is 19.3 Å². The molecule has 2 atom stereocenters. The second-order valence-corrected chi connectivity index (χ2v) is 6.61. The van der Waals surface area contributed by atoms with Crippen LogP contribution in [0.1, 0.15) is 38.5 Å². The van der Waals surface area contributed by atoms with Crippen LogP contribution in [0.25, 0.3) is 0 Å². The van der Waals surface area contributed by atoms with Gasteiger partial charge in [-0.1, -0.05) is 12.2 Å². The summed E-state index contributed by atoms with van der Waals surface area (Å²) in [6.07, 6.45) is 10.8. The summed E-state index contributed by atoms with van der Waals surface area (Å²) < 4.78 is 11.4. The summed E-state index contributed by atoms with van der Waals surface area (Å²) in [6.45, 7) is 4.29. The SMILES string of the molecule is O=C(C[C@H]1C=CCC1)N1CCC(OC[C@H]2CCOC2)CC1. The molecule has 1 aliphatic carbocycles. The van der Waals surface area contributed by atoms with Crippen LogP contribution in [0.3, 0.4) is 0 Å². The highest BCUT2D eigenvalue weighted by atomic mass is 16.5. The Hall–Kier alpha value is -0.870. The minimum atomic E-state index is 0.328. The number of amides is 1. The average molecular weight is 293 g/mol. The minimum Gasteiger partial charge on any atom is -0.381 e. The predicted molar refractivity (Wildman–Crippen MR) is 81.0 cm³/mol. The molecule has 2 heterocycles. The molecule has 0 N–H and O–H groups in total. The molecular weight excluding hydrogens is 266 g/mol. The van der Waals surface area contributed by atoms with Crippen LogP contribution in [-0.4, -0.2) is 49.8 Å². The molecule has 0 spiro atoms. The van der Waals surface area contributed by atoms with E-state index in [2.05, 4.69) is 12.2 Å². The molecule has 3 aliphatic rings. The van der Waals surface area contributed by atoms with Crippen molar-refractivity contribution >= 4 is 5.91 Å². The Balaban J connectivity index is 1.34. The van der Waals surface area contributed by atoms with E-state index < -0.39 is 0 Å². The van der Waals surface area contributed by atoms with Gasteiger partial charge < -0.3 is 14.4 Å². The van der Waals surface area contributed by atoms with Crippen LogP contribution in [0.2, 0.25) is 0 Å². The first-order valence-electron chi connectivity index (χ1n) is 8.45. The van der Waals surface area contributed by atoms with E-state index in [0.29, 0.717) is 30.3 Å². The van der Waals surface area contributed by atoms with Crippen LogP contribution in [0.4, 0.5) is 0 Å². The molecular formula is C17H27NO3. The molecule has 0 aromatic carbocycles. The fourth-order valence-corrected chi connectivity index (χ4v) is 3.48. The van der Waals surface area contributed by atoms with E-state index in [1.54, 1.807) is 0 Å². The summed E-state index contributed by atoms with van der Waals surface area (Å²) in [7, 11) is 0. The number of piperidine rings is 1. The van der Waals surface area contributed by atoms with E-state index in [1.807, 2.05) is 4.90 Å². The largest absolute Gasteiger partial charge is 0.381 e. The Morgan fingerprint density at radius 2 is 2.10 bits per heavy atom. The number of hydrogen-bond acceptors (Lipinski definition) is 3. The van der Waals surface area contributed by atoms with Gasteiger partial charge in [-0.05, 0) is 38.0 Å². The van der Waals surface area contributed by atoms with Crippen molar-refractivity contribution in [2.75, 3.05) is 32.9 Å². The molecule has 2 saturated heterocycles. The summed E-state index contributed by atoms with van der Waals surface area (Å²) in [5, 5.41) is 0. The van der Waals surface area contributed by atoms with E-state index in [4.69, 9.17) is 9.47 Å². The van der Waals surface area contributed by atoms with E-state index in [1.165, 1.54) is 0 Å². The molecule has 0 aromatic heterocycles. The normalized spacial score (nSPS) is 30.2. The fourth-order valence-electron chi connectivity index (χ4n) is 3.48. The number of nitrogens with zero attached hydrogens (tertiary/aromatic N) is 1. The van der Waals surface area contributed by atoms with Crippen molar-refractivity contribution in [1.29, 1.82) is 0 Å². The molecule has 0 aromatic rings. The molecule has 4 nitrogen and oxygen atoms in total. The van der Waals surface area contributed by atoms with E-state index in [9.17, 15) is 4.79 Å². The number of rotatable bonds is 5. The molecule has 1 amide bonds. The highest BCUT2D eigenvalue weighted by molar-refractivity contribution is 5.76. The third-order valence-electron chi connectivity index (χ3n) is 4.94. The lowest BCUT2D eigenvalue weighted by molar-refractivity contribution is -0.134. The van der Waals surface area contributed by atoms with Gasteiger partial charge in [0.15, 0.2) is 0 Å². The number of carbonyl (C=O) groups is 1. The zero-order chi connectivity index (χ0) is 14.5. The lowest BCUT2D eigenvalue weighted by Crippen LogP contribution is -2.41. The van der Waals surface area contributed by atoms with Gasteiger partial charge in [0.2, 0.25) is 5.91 Å². The van der Waals surface area contributed by atoms with E-state index >= 15 is 0 Å². The maximum Gasteiger partial charge on any atom is 0.223 e. The third kappa shape index (κ3) is 4.30. The molecule has 2 aliphatic heterocycles. The van der Waals surface area contributed by atoms with Crippen LogP contribution in [0.15, 0.2) is 12.2 Å². The van der Waals surface area contributed by atoms with Gasteiger partial charge in [0.25, 0.3) is 0 Å². The first-order valence-corrected chi connectivity index (χ1v) is 8.45. The highest BCUT2D eigenvalue weighted by Gasteiger charge is 2.26. The lowest BCUT2D eigenvalue weighted by atomic mass is 10.0. The summed E-state index contributed by atoms with van der Waals surface area (Å²) in [6, 6.07) is 0. The van der Waals surface area contributed by atoms with Crippen LogP contribution < -0.4 is 0 Å². The molecule has 0 bridgehead atoms. The van der Waals surface area contributed by atoms with Crippen LogP contribution >= 0.6 is 0 Å². The van der Waals surface area contributed by atoms with Crippen molar-refractivity contribution in [2.45, 2.75) is 44.6 Å². The van der Waals surface area contributed by atoms with Gasteiger partial charge in [-0.15, -0.1) is 0 Å². The molecule has 0 unspecified atom stereocenters. The maximum absolute atomic E-state index is 12.3. The zero-order valence-electron chi connectivity index (χ0n) is 12.8. The smallest absolute Gasteiger partial charge is 0.223 e. The quantitative estimate of drug-likeness (QED) is 0.731. The van der Waals surface area contributed by atoms with Crippen molar-refractivity contribution in [3.05, 3.63) is 12.2 Å². The van der Waals surface area contributed by atoms with Crippen molar-refractivity contribution in [2.24, 2.45) is 11.8 Å². The molecule has 0 saturated carbocycles. The van der Waals surface area contributed by atoms with Crippen LogP contribution in [-0.2, 0) is 14.3 Å². The third-order valence-corrected chi connectivity index (χ3v) is 4.94. The molecule has 3 rings (SSSR count). The van der Waals surface area contributed by atoms with E-state index in [-0.39, 0.29) is 0 Å². The van der Waals surface area contributed by atoms with E-state index in [0.717, 1.165) is 65.0 Å². The van der Waals surface area contributed by atoms with Gasteiger partial charge in [-0.3, -0.25) is 4.79 Å². The average Bonchev–Trinajstić information content (AvgIpc) is 3.19. The first kappa shape index (κ1) is 15.0. The van der Waals surface area contributed by atoms with Gasteiger partial charge in [-0.2, -0.15) is 0 Å².